The number of rotatable bonds is 3. The summed E-state index contributed by atoms with van der Waals surface area (Å²) in [5.74, 6) is 0.845. The molecule has 0 spiro atoms. The first-order chi connectivity index (χ1) is 7.34. The molecule has 0 saturated heterocycles. The number of halogens is 1. The largest absolute Gasteiger partial charge is 0.421 e. The lowest BCUT2D eigenvalue weighted by Gasteiger charge is -2.03. The normalized spacial score (nSPS) is 9.93. The van der Waals surface area contributed by atoms with Crippen molar-refractivity contribution in [2.24, 2.45) is 0 Å². The Labute approximate surface area is 98.2 Å². The molecule has 0 bridgehead atoms. The van der Waals surface area contributed by atoms with Crippen LogP contribution < -0.4 is 4.18 Å². The Morgan fingerprint density at radius 1 is 0.867 bits per heavy atom. The lowest BCUT2D eigenvalue weighted by molar-refractivity contribution is 0.646. The molecule has 0 aliphatic carbocycles. The maximum atomic E-state index is 5.78. The minimum Gasteiger partial charge on any atom is -0.421 e. The van der Waals surface area contributed by atoms with Crippen LogP contribution >= 0.6 is 23.6 Å². The summed E-state index contributed by atoms with van der Waals surface area (Å²) >= 11 is 7.10. The van der Waals surface area contributed by atoms with Crippen molar-refractivity contribution in [1.82, 2.24) is 0 Å². The van der Waals surface area contributed by atoms with Crippen LogP contribution in [0.3, 0.4) is 0 Å². The fourth-order valence-electron chi connectivity index (χ4n) is 1.06. The van der Waals surface area contributed by atoms with Gasteiger partial charge in [-0.05, 0) is 36.4 Å². The molecule has 0 atom stereocenters. The number of hydrogen-bond donors (Lipinski definition) is 0. The van der Waals surface area contributed by atoms with E-state index < -0.39 is 0 Å². The average molecular weight is 237 g/mol. The van der Waals surface area contributed by atoms with Gasteiger partial charge in [0.05, 0.1) is 12.0 Å². The van der Waals surface area contributed by atoms with Crippen molar-refractivity contribution >= 4 is 23.6 Å². The maximum Gasteiger partial charge on any atom is 0.137 e. The third-order valence-corrected chi connectivity index (χ3v) is 2.78. The van der Waals surface area contributed by atoms with Gasteiger partial charge < -0.3 is 4.18 Å². The average Bonchev–Trinajstić information content (AvgIpc) is 2.30. The zero-order valence-corrected chi connectivity index (χ0v) is 9.46. The molecule has 0 amide bonds. The van der Waals surface area contributed by atoms with E-state index in [0.717, 1.165) is 15.7 Å². The molecule has 0 N–H and O–H groups in total. The van der Waals surface area contributed by atoms with Crippen molar-refractivity contribution in [3.8, 4) is 5.75 Å². The highest BCUT2D eigenvalue weighted by molar-refractivity contribution is 7.95. The van der Waals surface area contributed by atoms with Crippen LogP contribution in [0.15, 0.2) is 59.5 Å². The third kappa shape index (κ3) is 3.18. The highest BCUT2D eigenvalue weighted by Gasteiger charge is 1.96. The van der Waals surface area contributed by atoms with Gasteiger partial charge in [-0.15, -0.1) is 0 Å². The van der Waals surface area contributed by atoms with Gasteiger partial charge in [-0.25, -0.2) is 0 Å². The van der Waals surface area contributed by atoms with Gasteiger partial charge in [0.2, 0.25) is 0 Å². The second kappa shape index (κ2) is 5.10. The molecule has 0 aromatic heterocycles. The third-order valence-electron chi connectivity index (χ3n) is 1.79. The van der Waals surface area contributed by atoms with Gasteiger partial charge in [-0.3, -0.25) is 0 Å². The zero-order valence-electron chi connectivity index (χ0n) is 7.89. The Morgan fingerprint density at radius 2 is 1.53 bits per heavy atom. The Kier molecular flexibility index (Phi) is 3.54. The molecule has 0 saturated carbocycles. The minimum atomic E-state index is 0.735. The van der Waals surface area contributed by atoms with E-state index in [-0.39, 0.29) is 0 Å². The Morgan fingerprint density at radius 3 is 2.20 bits per heavy atom. The fourth-order valence-corrected chi connectivity index (χ4v) is 1.74. The molecule has 3 heteroatoms. The quantitative estimate of drug-likeness (QED) is 0.730. The lowest BCUT2D eigenvalue weighted by atomic mass is 10.3. The van der Waals surface area contributed by atoms with E-state index in [0.29, 0.717) is 0 Å². The fraction of sp³-hybridized carbons (Fsp3) is 0. The summed E-state index contributed by atoms with van der Waals surface area (Å²) in [6.45, 7) is 0. The van der Waals surface area contributed by atoms with E-state index in [2.05, 4.69) is 0 Å². The second-order valence-electron chi connectivity index (χ2n) is 2.93. The first kappa shape index (κ1) is 10.4. The van der Waals surface area contributed by atoms with Crippen LogP contribution in [0.2, 0.25) is 5.02 Å². The number of para-hydroxylation sites is 1. The van der Waals surface area contributed by atoms with Crippen molar-refractivity contribution in [2.45, 2.75) is 4.90 Å². The first-order valence-corrected chi connectivity index (χ1v) is 5.62. The summed E-state index contributed by atoms with van der Waals surface area (Å²) in [5.41, 5.74) is 0. The molecular formula is C12H9ClOS. The second-order valence-corrected chi connectivity index (χ2v) is 4.17. The molecule has 0 heterocycles. The highest BCUT2D eigenvalue weighted by atomic mass is 35.5. The van der Waals surface area contributed by atoms with Gasteiger partial charge in [-0.2, -0.15) is 0 Å². The molecule has 2 rings (SSSR count). The smallest absolute Gasteiger partial charge is 0.137 e. The van der Waals surface area contributed by atoms with Crippen molar-refractivity contribution in [1.29, 1.82) is 0 Å². The Bertz CT molecular complexity index is 413. The zero-order chi connectivity index (χ0) is 10.5. The van der Waals surface area contributed by atoms with Crippen LogP contribution in [0.4, 0.5) is 0 Å². The summed E-state index contributed by atoms with van der Waals surface area (Å²) in [6, 6.07) is 17.2. The number of hydrogen-bond acceptors (Lipinski definition) is 2. The molecular weight excluding hydrogens is 228 g/mol. The molecule has 0 fully saturated rings. The monoisotopic (exact) mass is 236 g/mol. The Balaban J connectivity index is 1.96. The molecule has 0 aliphatic heterocycles. The Hall–Kier alpha value is -1.12. The lowest BCUT2D eigenvalue weighted by Crippen LogP contribution is -1.80. The van der Waals surface area contributed by atoms with Crippen LogP contribution in [0.5, 0.6) is 5.75 Å². The van der Waals surface area contributed by atoms with E-state index in [4.69, 9.17) is 15.8 Å². The van der Waals surface area contributed by atoms with Gasteiger partial charge >= 0.3 is 0 Å². The minimum absolute atomic E-state index is 0.735. The van der Waals surface area contributed by atoms with E-state index in [1.807, 2.05) is 54.6 Å². The van der Waals surface area contributed by atoms with E-state index in [1.54, 1.807) is 0 Å². The summed E-state index contributed by atoms with van der Waals surface area (Å²) in [7, 11) is 0. The van der Waals surface area contributed by atoms with Crippen molar-refractivity contribution in [3.05, 3.63) is 59.6 Å². The first-order valence-electron chi connectivity index (χ1n) is 4.50. The van der Waals surface area contributed by atoms with Crippen LogP contribution in [0.25, 0.3) is 0 Å². The van der Waals surface area contributed by atoms with Crippen molar-refractivity contribution in [2.75, 3.05) is 0 Å². The van der Waals surface area contributed by atoms with Gasteiger partial charge in [0.25, 0.3) is 0 Å². The van der Waals surface area contributed by atoms with Crippen molar-refractivity contribution < 1.29 is 4.18 Å². The van der Waals surface area contributed by atoms with Gasteiger partial charge in [0.15, 0.2) is 0 Å². The predicted octanol–water partition coefficient (Wildman–Crippen LogP) is 4.43. The van der Waals surface area contributed by atoms with Crippen LogP contribution in [-0.2, 0) is 0 Å². The summed E-state index contributed by atoms with van der Waals surface area (Å²) < 4.78 is 5.51. The van der Waals surface area contributed by atoms with Crippen LogP contribution in [0, 0.1) is 0 Å². The van der Waals surface area contributed by atoms with Gasteiger partial charge in [0, 0.05) is 9.92 Å². The van der Waals surface area contributed by atoms with Gasteiger partial charge in [-0.1, -0.05) is 29.8 Å². The maximum absolute atomic E-state index is 5.78. The van der Waals surface area contributed by atoms with Gasteiger partial charge in [0.1, 0.15) is 5.75 Å². The molecule has 2 aromatic rings. The summed E-state index contributed by atoms with van der Waals surface area (Å²) in [5, 5.41) is 0.735. The topological polar surface area (TPSA) is 9.23 Å². The van der Waals surface area contributed by atoms with E-state index in [1.165, 1.54) is 12.0 Å². The standard InChI is InChI=1S/C12H9ClOS/c13-10-6-8-12(9-7-10)15-14-11-4-2-1-3-5-11/h1-9H. The van der Waals surface area contributed by atoms with Crippen LogP contribution in [-0.4, -0.2) is 0 Å². The molecule has 0 radical (unpaired) electrons. The predicted molar refractivity (Wildman–Crippen MR) is 64.4 cm³/mol. The van der Waals surface area contributed by atoms with Crippen LogP contribution in [0.1, 0.15) is 0 Å². The van der Waals surface area contributed by atoms with E-state index >= 15 is 0 Å². The number of benzene rings is 2. The molecule has 0 aliphatic rings. The summed E-state index contributed by atoms with van der Waals surface area (Å²) in [6.07, 6.45) is 0. The molecule has 76 valence electrons. The molecule has 0 unspecified atom stereocenters. The summed E-state index contributed by atoms with van der Waals surface area (Å²) in [4.78, 5) is 1.03. The molecule has 15 heavy (non-hydrogen) atoms. The molecule has 1 nitrogen and oxygen atoms in total. The SMILES string of the molecule is Clc1ccc(SOc2ccccc2)cc1. The van der Waals surface area contributed by atoms with Crippen molar-refractivity contribution in [3.63, 3.8) is 0 Å². The van der Waals surface area contributed by atoms with E-state index in [9.17, 15) is 0 Å². The highest BCUT2D eigenvalue weighted by Crippen LogP contribution is 2.24. The molecule has 2 aromatic carbocycles.